The second-order valence-electron chi connectivity index (χ2n) is 13.7. The third-order valence-electron chi connectivity index (χ3n) is 7.80. The number of nitrogens with zero attached hydrogens (tertiary/aromatic N) is 7. The van der Waals surface area contributed by atoms with E-state index in [2.05, 4.69) is 101 Å². The molecule has 0 unspecified atom stereocenters. The number of anilines is 2. The van der Waals surface area contributed by atoms with Crippen LogP contribution in [0.5, 0.6) is 5.88 Å². The topological polar surface area (TPSA) is 155 Å². The van der Waals surface area contributed by atoms with E-state index in [1.807, 2.05) is 30.3 Å². The van der Waals surface area contributed by atoms with E-state index in [1.165, 1.54) is 17.3 Å². The molecule has 0 atom stereocenters. The fourth-order valence-corrected chi connectivity index (χ4v) is 5.72. The van der Waals surface area contributed by atoms with Gasteiger partial charge in [0.25, 0.3) is 0 Å². The average Bonchev–Trinajstić information content (AvgIpc) is 3.76. The van der Waals surface area contributed by atoms with Gasteiger partial charge in [-0.15, -0.1) is 0 Å². The zero-order valence-electron chi connectivity index (χ0n) is 28.5. The summed E-state index contributed by atoms with van der Waals surface area (Å²) in [6.07, 6.45) is 9.16. The summed E-state index contributed by atoms with van der Waals surface area (Å²) in [7, 11) is 0. The second-order valence-corrected chi connectivity index (χ2v) is 14.7. The molecule has 0 bridgehead atoms. The first-order valence-electron chi connectivity index (χ1n) is 15.9. The number of nitrogens with one attached hydrogen (secondary N) is 2. The molecule has 13 heteroatoms. The zero-order valence-corrected chi connectivity index (χ0v) is 29.4. The van der Waals surface area contributed by atoms with Crippen molar-refractivity contribution in [3.63, 3.8) is 0 Å². The Balaban J connectivity index is 0.000000178. The summed E-state index contributed by atoms with van der Waals surface area (Å²) < 4.78 is 3.21. The van der Waals surface area contributed by atoms with E-state index in [-0.39, 0.29) is 21.6 Å². The highest BCUT2D eigenvalue weighted by Crippen LogP contribution is 2.27. The second kappa shape index (κ2) is 13.5. The number of fused-ring (bicyclic) bond motifs is 2. The number of aromatic hydroxyl groups is 1. The maximum absolute atomic E-state index is 11.4. The van der Waals surface area contributed by atoms with Crippen molar-refractivity contribution in [3.8, 4) is 5.88 Å². The van der Waals surface area contributed by atoms with Gasteiger partial charge in [-0.25, -0.2) is 24.0 Å². The van der Waals surface area contributed by atoms with E-state index in [4.69, 9.17) is 0 Å². The van der Waals surface area contributed by atoms with Crippen LogP contribution in [0.3, 0.4) is 0 Å². The number of aldehydes is 1. The lowest BCUT2D eigenvalue weighted by Gasteiger charge is -2.20. The highest BCUT2D eigenvalue weighted by Gasteiger charge is 2.15. The Morgan fingerprint density at radius 3 is 2.24 bits per heavy atom. The normalized spacial score (nSPS) is 12.7. The molecule has 5 heterocycles. The number of thiazole rings is 1. The Bertz CT molecular complexity index is 2510. The lowest BCUT2D eigenvalue weighted by molar-refractivity contribution is 0.112. The molecular formula is C37H37N9O3S. The van der Waals surface area contributed by atoms with Gasteiger partial charge in [0, 0.05) is 29.4 Å². The number of hydrogen-bond acceptors (Lipinski definition) is 10. The molecule has 0 aliphatic carbocycles. The summed E-state index contributed by atoms with van der Waals surface area (Å²) in [4.78, 5) is 38.5. The maximum Gasteiger partial charge on any atom is 0.307 e. The van der Waals surface area contributed by atoms with Gasteiger partial charge < -0.3 is 10.4 Å². The van der Waals surface area contributed by atoms with Gasteiger partial charge >= 0.3 is 4.87 Å². The summed E-state index contributed by atoms with van der Waals surface area (Å²) in [6, 6.07) is 20.0. The minimum Gasteiger partial charge on any atom is -0.493 e. The Hall–Kier alpha value is -5.95. The third-order valence-corrected chi connectivity index (χ3v) is 8.62. The number of hydrogen-bond donors (Lipinski definition) is 3. The first-order valence-corrected chi connectivity index (χ1v) is 16.7. The molecule has 2 aromatic carbocycles. The van der Waals surface area contributed by atoms with Crippen LogP contribution in [0, 0.1) is 0 Å². The predicted molar refractivity (Wildman–Crippen MR) is 196 cm³/mol. The van der Waals surface area contributed by atoms with Crippen LogP contribution in [0.15, 0.2) is 95.2 Å². The molecule has 0 saturated carbocycles. The molecule has 0 aliphatic heterocycles. The van der Waals surface area contributed by atoms with Crippen LogP contribution in [-0.2, 0) is 10.8 Å². The van der Waals surface area contributed by atoms with Crippen molar-refractivity contribution in [1.29, 1.82) is 0 Å². The summed E-state index contributed by atoms with van der Waals surface area (Å²) in [5.41, 5.74) is 6.55. The van der Waals surface area contributed by atoms with E-state index >= 15 is 0 Å². The van der Waals surface area contributed by atoms with Crippen molar-refractivity contribution in [2.45, 2.75) is 52.4 Å². The van der Waals surface area contributed by atoms with Gasteiger partial charge in [0.05, 0.1) is 28.5 Å². The molecule has 50 heavy (non-hydrogen) atoms. The molecular weight excluding hydrogens is 651 g/mol. The number of H-pyrrole nitrogens is 1. The van der Waals surface area contributed by atoms with E-state index in [9.17, 15) is 14.7 Å². The van der Waals surface area contributed by atoms with Crippen LogP contribution < -0.4 is 20.9 Å². The molecule has 0 spiro atoms. The number of aromatic amines is 1. The SMILES string of the molecule is CC(C)(C)c1cccc(N=c2ccn3ncc(=Cc4sc(=O)[nH]c4O)c3n2)c1.CC(C)(C)c1cccc(Nc2ccn3ncc(C=O)c3n2)c1. The lowest BCUT2D eigenvalue weighted by atomic mass is 9.87. The lowest BCUT2D eigenvalue weighted by Crippen LogP contribution is -2.13. The number of benzene rings is 2. The van der Waals surface area contributed by atoms with Gasteiger partial charge in [-0.05, 0) is 58.4 Å². The standard InChI is InChI=1S/C20H19N5O2S.C17H18N4O/c1-20(2,3)13-5-4-6-14(10-13)22-16-7-8-25-17(23-16)12(11-21-25)9-15-18(26)24-19(27)28-15;1-17(2,3)13-5-4-6-14(9-13)19-15-7-8-21-16(20-15)12(11-22)10-18-21/h4-11,26H,1-3H3,(H,24,27);4-11H,1-3H3,(H,19,20). The third kappa shape index (κ3) is 7.68. The Kier molecular flexibility index (Phi) is 9.17. The minimum absolute atomic E-state index is 0.0383. The van der Waals surface area contributed by atoms with E-state index in [1.54, 1.807) is 39.8 Å². The highest BCUT2D eigenvalue weighted by molar-refractivity contribution is 7.10. The van der Waals surface area contributed by atoms with E-state index < -0.39 is 0 Å². The van der Waals surface area contributed by atoms with Crippen molar-refractivity contribution < 1.29 is 9.90 Å². The monoisotopic (exact) mass is 687 g/mol. The van der Waals surface area contributed by atoms with Crippen LogP contribution >= 0.6 is 11.3 Å². The highest BCUT2D eigenvalue weighted by atomic mass is 32.1. The fraction of sp³-hybridized carbons (Fsp3) is 0.216. The Morgan fingerprint density at radius 2 is 1.54 bits per heavy atom. The molecule has 3 N–H and O–H groups in total. The minimum atomic E-state index is -0.317. The van der Waals surface area contributed by atoms with Crippen LogP contribution in [0.4, 0.5) is 17.2 Å². The molecule has 0 saturated heterocycles. The molecule has 0 radical (unpaired) electrons. The van der Waals surface area contributed by atoms with Crippen LogP contribution in [-0.4, -0.2) is 45.6 Å². The largest absolute Gasteiger partial charge is 0.493 e. The average molecular weight is 688 g/mol. The number of carbonyl (C=O) groups excluding carboxylic acids is 1. The van der Waals surface area contributed by atoms with Crippen LogP contribution in [0.2, 0.25) is 0 Å². The molecule has 0 aliphatic rings. The summed E-state index contributed by atoms with van der Waals surface area (Å²) in [5.74, 6) is 0.524. The van der Waals surface area contributed by atoms with Gasteiger partial charge in [-0.1, -0.05) is 77.1 Å². The first-order chi connectivity index (χ1) is 23.8. The van der Waals surface area contributed by atoms with Crippen molar-refractivity contribution in [1.82, 2.24) is 34.2 Å². The zero-order chi connectivity index (χ0) is 35.6. The Labute approximate surface area is 291 Å². The number of aromatic nitrogens is 7. The van der Waals surface area contributed by atoms with Crippen molar-refractivity contribution in [3.05, 3.63) is 127 Å². The van der Waals surface area contributed by atoms with Gasteiger partial charge in [0.15, 0.2) is 23.1 Å². The van der Waals surface area contributed by atoms with Gasteiger partial charge in [-0.3, -0.25) is 14.6 Å². The van der Waals surface area contributed by atoms with Crippen LogP contribution in [0.1, 0.15) is 67.9 Å². The summed E-state index contributed by atoms with van der Waals surface area (Å²) in [6.45, 7) is 13.0. The molecule has 7 aromatic rings. The van der Waals surface area contributed by atoms with Crippen molar-refractivity contribution in [2.75, 3.05) is 5.32 Å². The predicted octanol–water partition coefficient (Wildman–Crippen LogP) is 5.85. The first kappa shape index (κ1) is 33.9. The molecule has 0 amide bonds. The van der Waals surface area contributed by atoms with Crippen molar-refractivity contribution in [2.24, 2.45) is 4.99 Å². The molecule has 7 rings (SSSR count). The number of carbonyl (C=O) groups is 1. The quantitative estimate of drug-likeness (QED) is 0.191. The molecule has 12 nitrogen and oxygen atoms in total. The van der Waals surface area contributed by atoms with Crippen LogP contribution in [0.25, 0.3) is 17.4 Å². The van der Waals surface area contributed by atoms with Gasteiger partial charge in [0.1, 0.15) is 5.82 Å². The molecule has 254 valence electrons. The summed E-state index contributed by atoms with van der Waals surface area (Å²) >= 11 is 0.927. The van der Waals surface area contributed by atoms with Gasteiger partial charge in [-0.2, -0.15) is 10.2 Å². The summed E-state index contributed by atoms with van der Waals surface area (Å²) in [5, 5.41) is 22.1. The van der Waals surface area contributed by atoms with E-state index in [0.29, 0.717) is 38.3 Å². The van der Waals surface area contributed by atoms with Crippen molar-refractivity contribution >= 4 is 52.2 Å². The Morgan fingerprint density at radius 1 is 0.860 bits per heavy atom. The van der Waals surface area contributed by atoms with E-state index in [0.717, 1.165) is 29.0 Å². The fourth-order valence-electron chi connectivity index (χ4n) is 5.04. The molecule has 5 aromatic heterocycles. The molecule has 0 fully saturated rings. The van der Waals surface area contributed by atoms with Gasteiger partial charge in [0.2, 0.25) is 5.88 Å². The smallest absolute Gasteiger partial charge is 0.307 e. The maximum atomic E-state index is 11.4. The number of rotatable bonds is 5.